The minimum Gasteiger partial charge on any atom is -0.394 e. The highest BCUT2D eigenvalue weighted by Crippen LogP contribution is 2.54. The number of imidazole rings is 2. The van der Waals surface area contributed by atoms with Crippen molar-refractivity contribution in [1.29, 1.82) is 0 Å². The molecule has 2 unspecified atom stereocenters. The highest BCUT2D eigenvalue weighted by atomic mass is 32.5. The smallest absolute Gasteiger partial charge is 0.330 e. The van der Waals surface area contributed by atoms with Crippen LogP contribution in [-0.4, -0.2) is 202 Å². The number of aryl methyl sites for hydroxylation is 2. The van der Waals surface area contributed by atoms with Crippen LogP contribution in [0.15, 0.2) is 53.8 Å². The van der Waals surface area contributed by atoms with Crippen LogP contribution in [0.5, 0.6) is 0 Å². The van der Waals surface area contributed by atoms with Crippen LogP contribution in [0.1, 0.15) is 130 Å². The molecule has 4 saturated heterocycles. The number of aromatic nitrogens is 12. The Morgan fingerprint density at radius 1 is 0.647 bits per heavy atom. The fraction of sp³-hybridized carbons (Fsp3) is 0.639. The van der Waals surface area contributed by atoms with Crippen LogP contribution < -0.4 is 44.3 Å². The molecule has 38 nitrogen and oxygen atoms in total. The third-order valence-electron chi connectivity index (χ3n) is 16.5. The predicted octanol–water partition coefficient (Wildman–Crippen LogP) is 2.63. The van der Waals surface area contributed by atoms with Crippen molar-refractivity contribution in [3.8, 4) is 0 Å². The maximum Gasteiger partial charge on any atom is 0.330 e. The lowest BCUT2D eigenvalue weighted by Gasteiger charge is -2.37. The molecular formula is C61H87N17O21P2S. The van der Waals surface area contributed by atoms with Gasteiger partial charge in [0, 0.05) is 73.1 Å². The number of rotatable bonds is 27. The fourth-order valence-corrected chi connectivity index (χ4v) is 15.0. The second kappa shape index (κ2) is 35.8. The standard InChI is InChI=1S/C27H35N8O11PS.C24H38N7O5P.C10H14N2O5/c1-13(2)23(38)31-26-30-22-21(25(40)32-26)29-12-35(22)20-8-16(17(10-36)44-20)46-47(48,42-6-5-28-4)43-11-18-15(37)7-19(45-18)34-9-14(3)24(39)33-27(34)41;1-9-17-18(36-37(34-11-10-25-8)31(15(4)5)16(6)7)12-19(35-17)30-13-26-20-21(30)27-24(29-23(20)33)28-22(32)14(2)3;1-5-3-12(10(16)11-9(5)15)8-2-6(14)7(4-13)17-8/h9,12-13,15-20,36-37H,5-8,10-11H2,1-3H3,(H,33,39,41)(H2,30,31,32,38,40);13-19H,9-12H2,1-7H3,(H2,27,28,29,32,33);3,6-8,13-14H,2,4H2,1H3,(H,11,15,16)/t15-,16-,17+,18+,19+,20+,47?;17-,18+,19-,37?;6-,7+,8+/m010/s1. The first-order valence-electron chi connectivity index (χ1n) is 32.9. The zero-order chi connectivity index (χ0) is 74.6. The molecule has 2 amide bonds. The number of nitrogens with one attached hydrogen (secondary N) is 6. The van der Waals surface area contributed by atoms with Gasteiger partial charge in [0.15, 0.2) is 22.3 Å². The van der Waals surface area contributed by atoms with Crippen LogP contribution in [0.3, 0.4) is 0 Å². The Balaban J connectivity index is 0.000000215. The lowest BCUT2D eigenvalue weighted by atomic mass is 10.1. The lowest BCUT2D eigenvalue weighted by Crippen LogP contribution is -2.35. The Labute approximate surface area is 589 Å². The Morgan fingerprint density at radius 2 is 1.09 bits per heavy atom. The molecule has 0 saturated carbocycles. The Bertz CT molecular complexity index is 4400. The van der Waals surface area contributed by atoms with Crippen molar-refractivity contribution in [2.75, 3.05) is 56.8 Å². The fourth-order valence-electron chi connectivity index (χ4n) is 11.1. The molecule has 4 aliphatic heterocycles. The van der Waals surface area contributed by atoms with E-state index in [1.807, 2.05) is 6.92 Å². The number of aromatic amines is 4. The summed E-state index contributed by atoms with van der Waals surface area (Å²) in [6.45, 7) is 30.2. The molecule has 14 atom stereocenters. The number of hydrogen-bond donors (Lipinski definition) is 10. The van der Waals surface area contributed by atoms with Gasteiger partial charge in [0.2, 0.25) is 36.8 Å². The maximum atomic E-state index is 12.7. The molecule has 102 heavy (non-hydrogen) atoms. The van der Waals surface area contributed by atoms with Crippen molar-refractivity contribution >= 4 is 73.1 Å². The maximum absolute atomic E-state index is 12.7. The van der Waals surface area contributed by atoms with E-state index in [0.717, 1.165) is 0 Å². The van der Waals surface area contributed by atoms with Crippen molar-refractivity contribution in [2.24, 2.45) is 11.8 Å². The average molecular weight is 1490 g/mol. The Morgan fingerprint density at radius 3 is 1.54 bits per heavy atom. The largest absolute Gasteiger partial charge is 0.394 e. The number of carbonyl (C=O) groups is 2. The number of nitrogens with zero attached hydrogens (tertiary/aromatic N) is 11. The van der Waals surface area contributed by atoms with Gasteiger partial charge in [-0.25, -0.2) is 37.4 Å². The van der Waals surface area contributed by atoms with Gasteiger partial charge in [-0.05, 0) is 59.8 Å². The van der Waals surface area contributed by atoms with Crippen LogP contribution in [-0.2, 0) is 63.0 Å². The minimum absolute atomic E-state index is 0.00491. The molecule has 0 bridgehead atoms. The third-order valence-corrected chi connectivity index (χ3v) is 21.0. The van der Waals surface area contributed by atoms with E-state index in [-0.39, 0.29) is 134 Å². The van der Waals surface area contributed by atoms with Gasteiger partial charge in [-0.1, -0.05) is 34.6 Å². The van der Waals surface area contributed by atoms with Gasteiger partial charge >= 0.3 is 18.1 Å². The van der Waals surface area contributed by atoms with Crippen LogP contribution in [0.4, 0.5) is 11.9 Å². The van der Waals surface area contributed by atoms with E-state index >= 15 is 0 Å². The summed E-state index contributed by atoms with van der Waals surface area (Å²) in [6.07, 6.45) is -1.61. The van der Waals surface area contributed by atoms with Gasteiger partial charge in [-0.2, -0.15) is 9.97 Å². The predicted molar refractivity (Wildman–Crippen MR) is 370 cm³/mol. The Hall–Kier alpha value is -7.50. The van der Waals surface area contributed by atoms with Gasteiger partial charge in [0.1, 0.15) is 56.4 Å². The second-order valence-electron chi connectivity index (χ2n) is 25.4. The molecule has 4 fully saturated rings. The SMILES string of the molecule is Cc1cn([C@H]2C[C@H](O)[C@@H](CO)O2)c(=O)[nH]c1=O.[C-]#[N+]CCOP(=S)(OC[C@H]1O[C@@H](n2cc(C)c(=O)[nH]c2=O)C[C@@H]1O)O[C@H]1C[C@H](n2cnc3c(=O)[nH]c(NC(=O)C(C)C)nc32)O[C@@H]1CO.[C-]#[N+]CCOP(O[C@H]1C[C@H](n2cnc3c(=O)[nH]c(NC(=O)C(C)C)nc32)O[C@@H]1CC)N(C(C)C)C(C)C. The van der Waals surface area contributed by atoms with E-state index in [9.17, 15) is 53.7 Å². The second-order valence-corrected chi connectivity index (χ2v) is 29.7. The summed E-state index contributed by atoms with van der Waals surface area (Å²) < 4.78 is 61.8. The van der Waals surface area contributed by atoms with E-state index < -0.39 is 117 Å². The molecular weight excluding hydrogens is 1400 g/mol. The molecule has 0 spiro atoms. The molecule has 41 heteroatoms. The molecule has 10 rings (SSSR count). The van der Waals surface area contributed by atoms with Crippen molar-refractivity contribution in [3.05, 3.63) is 121 Å². The molecule has 558 valence electrons. The van der Waals surface area contributed by atoms with Gasteiger partial charge in [-0.15, -0.1) is 0 Å². The normalized spacial score (nSPS) is 24.3. The molecule has 0 radical (unpaired) electrons. The zero-order valence-corrected chi connectivity index (χ0v) is 60.6. The summed E-state index contributed by atoms with van der Waals surface area (Å²) in [7, 11) is -1.43. The van der Waals surface area contributed by atoms with Gasteiger partial charge in [0.25, 0.3) is 30.8 Å². The average Bonchev–Trinajstić information content (AvgIpc) is 1.63. The first-order valence-corrected chi connectivity index (χ1v) is 36.6. The number of H-pyrrole nitrogens is 4. The molecule has 0 aliphatic carbocycles. The van der Waals surface area contributed by atoms with Crippen LogP contribution >= 0.6 is 15.2 Å². The highest BCUT2D eigenvalue weighted by molar-refractivity contribution is 8.07. The number of fused-ring (bicyclic) bond motifs is 2. The van der Waals surface area contributed by atoms with Crippen LogP contribution in [0.25, 0.3) is 32.0 Å². The molecule has 4 aliphatic rings. The van der Waals surface area contributed by atoms with E-state index in [1.165, 1.54) is 45.7 Å². The van der Waals surface area contributed by atoms with Crippen LogP contribution in [0, 0.1) is 38.8 Å². The van der Waals surface area contributed by atoms with Crippen molar-refractivity contribution < 1.29 is 71.6 Å². The topological polar surface area (TPSA) is 471 Å². The van der Waals surface area contributed by atoms with E-state index in [4.69, 9.17) is 71.6 Å². The molecule has 6 aromatic rings. The molecule has 6 aromatic heterocycles. The van der Waals surface area contributed by atoms with Crippen molar-refractivity contribution in [1.82, 2.24) is 62.8 Å². The number of amides is 2. The van der Waals surface area contributed by atoms with Crippen LogP contribution in [0.2, 0.25) is 0 Å². The summed E-state index contributed by atoms with van der Waals surface area (Å²) in [4.78, 5) is 130. The number of aliphatic hydroxyl groups excluding tert-OH is 4. The van der Waals surface area contributed by atoms with Gasteiger partial charge < -0.3 is 71.7 Å². The summed E-state index contributed by atoms with van der Waals surface area (Å²) in [5.74, 6) is -1.25. The Kier molecular flexibility index (Phi) is 28.1. The van der Waals surface area contributed by atoms with E-state index in [0.29, 0.717) is 30.7 Å². The number of aliphatic hydroxyl groups is 4. The molecule has 10 heterocycles. The van der Waals surface area contributed by atoms with Gasteiger partial charge in [0.05, 0.1) is 63.0 Å². The van der Waals surface area contributed by atoms with Crippen molar-refractivity contribution in [2.45, 2.75) is 194 Å². The zero-order valence-electron chi connectivity index (χ0n) is 58.0. The monoisotopic (exact) mass is 1490 g/mol. The van der Waals surface area contributed by atoms with Crippen molar-refractivity contribution in [3.63, 3.8) is 0 Å². The summed E-state index contributed by atoms with van der Waals surface area (Å²) in [6, 6.07) is 0.371. The highest BCUT2D eigenvalue weighted by Gasteiger charge is 2.45. The van der Waals surface area contributed by atoms with E-state index in [2.05, 4.69) is 92.6 Å². The third kappa shape index (κ3) is 19.7. The first kappa shape index (κ1) is 80.2. The molecule has 10 N–H and O–H groups in total. The summed E-state index contributed by atoms with van der Waals surface area (Å²) in [5.41, 5.74) is -2.02. The first-order chi connectivity index (χ1) is 48.4. The summed E-state index contributed by atoms with van der Waals surface area (Å²) in [5, 5.41) is 44.6. The quantitative estimate of drug-likeness (QED) is 0.0201. The number of carbonyl (C=O) groups excluding carboxylic acids is 2. The van der Waals surface area contributed by atoms with Gasteiger partial charge in [-0.3, -0.25) is 77.6 Å². The lowest BCUT2D eigenvalue weighted by molar-refractivity contribution is -0.119. The summed E-state index contributed by atoms with van der Waals surface area (Å²) >= 11 is 5.67. The minimum atomic E-state index is -3.69. The number of anilines is 2. The number of hydrogen-bond acceptors (Lipinski definition) is 27. The molecule has 0 aromatic carbocycles. The van der Waals surface area contributed by atoms with E-state index in [1.54, 1.807) is 39.2 Å². The number of ether oxygens (including phenoxy) is 4.